The topological polar surface area (TPSA) is 15.3 Å². The predicted molar refractivity (Wildman–Crippen MR) is 73.5 cm³/mol. The standard InChI is InChI=1S/C14H22N2S/c1-11-3-6-13(17-11)9-16-8-2-7-15-14(10-16)12-4-5-12/h3,6,12,14-15H,2,4-5,7-10H2,1H3. The van der Waals surface area contributed by atoms with Gasteiger partial charge in [-0.05, 0) is 57.3 Å². The van der Waals surface area contributed by atoms with Crippen molar-refractivity contribution in [1.29, 1.82) is 0 Å². The molecular weight excluding hydrogens is 228 g/mol. The van der Waals surface area contributed by atoms with Crippen molar-refractivity contribution in [3.8, 4) is 0 Å². The lowest BCUT2D eigenvalue weighted by Gasteiger charge is -2.23. The molecule has 1 atom stereocenters. The molecule has 2 fully saturated rings. The van der Waals surface area contributed by atoms with Crippen molar-refractivity contribution in [3.63, 3.8) is 0 Å². The fraction of sp³-hybridized carbons (Fsp3) is 0.714. The van der Waals surface area contributed by atoms with Crippen molar-refractivity contribution in [1.82, 2.24) is 10.2 Å². The Morgan fingerprint density at radius 3 is 3.00 bits per heavy atom. The molecule has 0 radical (unpaired) electrons. The first kappa shape index (κ1) is 11.7. The highest BCUT2D eigenvalue weighted by Crippen LogP contribution is 2.33. The molecule has 1 aliphatic carbocycles. The van der Waals surface area contributed by atoms with Crippen LogP contribution in [0.5, 0.6) is 0 Å². The molecule has 2 aliphatic rings. The Bertz CT molecular complexity index is 370. The Labute approximate surface area is 108 Å². The van der Waals surface area contributed by atoms with Gasteiger partial charge in [-0.15, -0.1) is 11.3 Å². The van der Waals surface area contributed by atoms with Gasteiger partial charge in [0.05, 0.1) is 0 Å². The van der Waals surface area contributed by atoms with Crippen LogP contribution in [0.4, 0.5) is 0 Å². The van der Waals surface area contributed by atoms with Crippen molar-refractivity contribution in [2.75, 3.05) is 19.6 Å². The molecule has 1 aromatic rings. The summed E-state index contributed by atoms with van der Waals surface area (Å²) in [6.07, 6.45) is 4.20. The lowest BCUT2D eigenvalue weighted by molar-refractivity contribution is 0.253. The van der Waals surface area contributed by atoms with Crippen LogP contribution in [0.1, 0.15) is 29.0 Å². The Hall–Kier alpha value is -0.380. The predicted octanol–water partition coefficient (Wildman–Crippen LogP) is 2.63. The van der Waals surface area contributed by atoms with Gasteiger partial charge in [-0.3, -0.25) is 4.90 Å². The molecule has 1 unspecified atom stereocenters. The van der Waals surface area contributed by atoms with E-state index in [9.17, 15) is 0 Å². The second kappa shape index (κ2) is 5.09. The largest absolute Gasteiger partial charge is 0.312 e. The zero-order chi connectivity index (χ0) is 11.7. The average molecular weight is 250 g/mol. The molecule has 0 aromatic carbocycles. The summed E-state index contributed by atoms with van der Waals surface area (Å²) in [6, 6.07) is 5.30. The van der Waals surface area contributed by atoms with Crippen molar-refractivity contribution in [2.24, 2.45) is 5.92 Å². The molecule has 0 bridgehead atoms. The van der Waals surface area contributed by atoms with Crippen LogP contribution in [0.3, 0.4) is 0 Å². The van der Waals surface area contributed by atoms with E-state index in [-0.39, 0.29) is 0 Å². The van der Waals surface area contributed by atoms with Crippen molar-refractivity contribution >= 4 is 11.3 Å². The van der Waals surface area contributed by atoms with Gasteiger partial charge < -0.3 is 5.32 Å². The molecule has 2 nitrogen and oxygen atoms in total. The van der Waals surface area contributed by atoms with Gasteiger partial charge in [0, 0.05) is 28.9 Å². The third-order valence-electron chi connectivity index (χ3n) is 3.88. The van der Waals surface area contributed by atoms with E-state index in [2.05, 4.69) is 29.3 Å². The molecule has 94 valence electrons. The minimum atomic E-state index is 0.763. The molecule has 1 N–H and O–H groups in total. The van der Waals surface area contributed by atoms with E-state index in [4.69, 9.17) is 0 Å². The Kier molecular flexibility index (Phi) is 3.50. The highest BCUT2D eigenvalue weighted by atomic mass is 32.1. The van der Waals surface area contributed by atoms with E-state index >= 15 is 0 Å². The van der Waals surface area contributed by atoms with Crippen LogP contribution in [0.15, 0.2) is 12.1 Å². The zero-order valence-corrected chi connectivity index (χ0v) is 11.4. The molecule has 3 heteroatoms. The highest BCUT2D eigenvalue weighted by molar-refractivity contribution is 7.11. The van der Waals surface area contributed by atoms with Gasteiger partial charge in [0.15, 0.2) is 0 Å². The lowest BCUT2D eigenvalue weighted by atomic mass is 10.2. The lowest BCUT2D eigenvalue weighted by Crippen LogP contribution is -2.38. The quantitative estimate of drug-likeness (QED) is 0.887. The molecule has 0 spiro atoms. The molecule has 1 saturated heterocycles. The Balaban J connectivity index is 1.60. The van der Waals surface area contributed by atoms with Crippen LogP contribution in [0.25, 0.3) is 0 Å². The smallest absolute Gasteiger partial charge is 0.0328 e. The molecule has 1 aromatic heterocycles. The number of nitrogens with zero attached hydrogens (tertiary/aromatic N) is 1. The molecule has 2 heterocycles. The van der Waals surface area contributed by atoms with Gasteiger partial charge in [0.2, 0.25) is 0 Å². The summed E-state index contributed by atoms with van der Waals surface area (Å²) in [5.74, 6) is 0.973. The number of hydrogen-bond donors (Lipinski definition) is 1. The molecule has 0 amide bonds. The zero-order valence-electron chi connectivity index (χ0n) is 10.6. The summed E-state index contributed by atoms with van der Waals surface area (Å²) >= 11 is 1.95. The van der Waals surface area contributed by atoms with E-state index in [1.54, 1.807) is 0 Å². The van der Waals surface area contributed by atoms with Crippen molar-refractivity contribution < 1.29 is 0 Å². The van der Waals surface area contributed by atoms with Crippen LogP contribution in [0.2, 0.25) is 0 Å². The van der Waals surface area contributed by atoms with Gasteiger partial charge in [-0.1, -0.05) is 0 Å². The molecule has 3 rings (SSSR count). The average Bonchev–Trinajstić information content (AvgIpc) is 3.07. The first-order valence-electron chi connectivity index (χ1n) is 6.82. The van der Waals surface area contributed by atoms with Gasteiger partial charge in [-0.25, -0.2) is 0 Å². The SMILES string of the molecule is Cc1ccc(CN2CCCNC(C3CC3)C2)s1. The number of aryl methyl sites for hydroxylation is 1. The summed E-state index contributed by atoms with van der Waals surface area (Å²) in [4.78, 5) is 5.61. The molecule has 17 heavy (non-hydrogen) atoms. The van der Waals surface area contributed by atoms with E-state index in [1.165, 1.54) is 48.7 Å². The van der Waals surface area contributed by atoms with Gasteiger partial charge >= 0.3 is 0 Å². The number of rotatable bonds is 3. The molecule has 1 aliphatic heterocycles. The van der Waals surface area contributed by atoms with Crippen LogP contribution < -0.4 is 5.32 Å². The minimum Gasteiger partial charge on any atom is -0.312 e. The Morgan fingerprint density at radius 2 is 2.29 bits per heavy atom. The van der Waals surface area contributed by atoms with Crippen LogP contribution in [0, 0.1) is 12.8 Å². The third-order valence-corrected chi connectivity index (χ3v) is 4.86. The number of thiophene rings is 1. The highest BCUT2D eigenvalue weighted by Gasteiger charge is 2.32. The van der Waals surface area contributed by atoms with E-state index < -0.39 is 0 Å². The van der Waals surface area contributed by atoms with Crippen LogP contribution in [-0.2, 0) is 6.54 Å². The summed E-state index contributed by atoms with van der Waals surface area (Å²) in [7, 11) is 0. The fourth-order valence-corrected chi connectivity index (χ4v) is 3.71. The third kappa shape index (κ3) is 3.09. The number of hydrogen-bond acceptors (Lipinski definition) is 3. The summed E-state index contributed by atoms with van der Waals surface area (Å²) < 4.78 is 0. The molecular formula is C14H22N2S. The van der Waals surface area contributed by atoms with Crippen molar-refractivity contribution in [2.45, 2.75) is 38.8 Å². The first-order valence-corrected chi connectivity index (χ1v) is 7.64. The van der Waals surface area contributed by atoms with Gasteiger partial charge in [-0.2, -0.15) is 0 Å². The second-order valence-electron chi connectivity index (χ2n) is 5.50. The maximum absolute atomic E-state index is 3.73. The van der Waals surface area contributed by atoms with E-state index in [1.807, 2.05) is 11.3 Å². The van der Waals surface area contributed by atoms with Crippen LogP contribution in [-0.4, -0.2) is 30.6 Å². The minimum absolute atomic E-state index is 0.763. The van der Waals surface area contributed by atoms with E-state index in [0.29, 0.717) is 0 Å². The van der Waals surface area contributed by atoms with Gasteiger partial charge in [0.1, 0.15) is 0 Å². The van der Waals surface area contributed by atoms with Crippen LogP contribution >= 0.6 is 11.3 Å². The van der Waals surface area contributed by atoms with Gasteiger partial charge in [0.25, 0.3) is 0 Å². The summed E-state index contributed by atoms with van der Waals surface area (Å²) in [6.45, 7) is 7.07. The molecule has 1 saturated carbocycles. The van der Waals surface area contributed by atoms with E-state index in [0.717, 1.165) is 18.5 Å². The first-order chi connectivity index (χ1) is 8.31. The fourth-order valence-electron chi connectivity index (χ4n) is 2.77. The number of nitrogens with one attached hydrogen (secondary N) is 1. The Morgan fingerprint density at radius 1 is 1.41 bits per heavy atom. The normalized spacial score (nSPS) is 27.0. The second-order valence-corrected chi connectivity index (χ2v) is 6.87. The van der Waals surface area contributed by atoms with Crippen molar-refractivity contribution in [3.05, 3.63) is 21.9 Å². The monoisotopic (exact) mass is 250 g/mol. The maximum atomic E-state index is 3.73. The summed E-state index contributed by atoms with van der Waals surface area (Å²) in [5.41, 5.74) is 0. The maximum Gasteiger partial charge on any atom is 0.0328 e. The summed E-state index contributed by atoms with van der Waals surface area (Å²) in [5, 5.41) is 3.73.